The van der Waals surface area contributed by atoms with Gasteiger partial charge in [0, 0.05) is 52.9 Å². The summed E-state index contributed by atoms with van der Waals surface area (Å²) in [5, 5.41) is 31.0. The van der Waals surface area contributed by atoms with Gasteiger partial charge in [-0.05, 0) is 185 Å². The molecule has 0 radical (unpaired) electrons. The zero-order valence-corrected chi connectivity index (χ0v) is 56.5. The number of carboxylic acids is 1. The molecular weight excluding hydrogens is 1470 g/mol. The van der Waals surface area contributed by atoms with Crippen molar-refractivity contribution in [2.45, 2.75) is 105 Å². The zero-order valence-electron chi connectivity index (χ0n) is 53.5. The van der Waals surface area contributed by atoms with Gasteiger partial charge in [-0.1, -0.05) is 34.8 Å². The minimum absolute atomic E-state index is 0. The number of esters is 2. The molecule has 3 heterocycles. The second kappa shape index (κ2) is 38.8. The van der Waals surface area contributed by atoms with E-state index in [1.54, 1.807) is 63.8 Å². The third-order valence-electron chi connectivity index (χ3n) is 11.3. The van der Waals surface area contributed by atoms with Crippen LogP contribution in [0.5, 0.6) is 0 Å². The van der Waals surface area contributed by atoms with Gasteiger partial charge in [0.15, 0.2) is 17.5 Å². The van der Waals surface area contributed by atoms with E-state index in [1.165, 1.54) is 61.1 Å². The van der Waals surface area contributed by atoms with Gasteiger partial charge in [-0.15, -0.1) is 10.2 Å². The molecule has 0 aliphatic rings. The molecule has 0 unspecified atom stereocenters. The number of nitrogens with zero attached hydrogens (tertiary/aromatic N) is 9. The summed E-state index contributed by atoms with van der Waals surface area (Å²) in [6, 6.07) is 19.4. The standard InChI is InChI=1S/C16H16F3N3O2.C13H10F3N3O2.C10H8F3N3.C9H8F3NS.C9H6F3N.C6H9IO2.Li.H2O/c1-10(2)24-14(23)4-5-22-9-20-15(21-22)12-6-11(3)7-13(8-12)16(17,18)19;1-8-4-9(6-10(5-8)13(14,15)16)12-17-7-19(18-12)3-2-11(20)21;1-6-2-7(9-14-5-15-16-9)4-8(3-6)10(11,12)13;1-5-2-6(8(13)14)4-7(3-5)9(10,11)12;1-6-2-7(5-13)4-8(3-6)9(10,11)12;1-5(2)9-6(8)3-4-7;;/h4-10H,1-3H3;2-7H,1H3,(H,20,21);2-5H,1H3,(H,14,15,16);2-4H,1H3,(H2,13,14);2-4H,1H3;3-5H,1-2H3;;1H2/q;;;;;;+1;/p-1/b5-4-;3-2-;;;;4-3-;;. The quantitative estimate of drug-likeness (QED) is 0.0271. The van der Waals surface area contributed by atoms with Crippen molar-refractivity contribution in [2.24, 2.45) is 5.73 Å². The number of aromatic amines is 1. The largest absolute Gasteiger partial charge is 1.00 e. The third-order valence-corrected chi connectivity index (χ3v) is 11.9. The number of rotatable bonds is 11. The maximum absolute atomic E-state index is 12.9. The van der Waals surface area contributed by atoms with Crippen LogP contribution >= 0.6 is 34.8 Å². The van der Waals surface area contributed by atoms with Crippen LogP contribution in [-0.4, -0.2) is 90.4 Å². The molecule has 8 rings (SSSR count). The van der Waals surface area contributed by atoms with Crippen molar-refractivity contribution in [3.05, 3.63) is 199 Å². The number of benzene rings is 5. The number of aromatic nitrogens is 9. The number of nitrogens with two attached hydrogens (primary N) is 1. The van der Waals surface area contributed by atoms with E-state index in [2.05, 4.69) is 47.6 Å². The zero-order chi connectivity index (χ0) is 73.6. The Morgan fingerprint density at radius 1 is 0.556 bits per heavy atom. The maximum Gasteiger partial charge on any atom is 1.00 e. The molecule has 99 heavy (non-hydrogen) atoms. The fourth-order valence-corrected chi connectivity index (χ4v) is 7.92. The molecule has 18 nitrogen and oxygen atoms in total. The number of hydrogen-bond acceptors (Lipinski definition) is 14. The van der Waals surface area contributed by atoms with Gasteiger partial charge in [0.1, 0.15) is 24.0 Å². The Kier molecular flexibility index (Phi) is 34.4. The smallest absolute Gasteiger partial charge is 0.870 e. The number of nitriles is 1. The predicted octanol–water partition coefficient (Wildman–Crippen LogP) is 13.6. The van der Waals surface area contributed by atoms with Crippen molar-refractivity contribution in [1.82, 2.24) is 44.7 Å². The Balaban J connectivity index is 0.000000606. The van der Waals surface area contributed by atoms with Crippen molar-refractivity contribution in [3.63, 3.8) is 0 Å². The van der Waals surface area contributed by atoms with E-state index in [1.807, 2.05) is 36.4 Å². The number of thiocarbonyl (C=S) groups is 1. The molecule has 0 bridgehead atoms. The monoisotopic (exact) mass is 1530 g/mol. The molecule has 0 spiro atoms. The summed E-state index contributed by atoms with van der Waals surface area (Å²) in [6.07, 6.45) is -12.6. The van der Waals surface area contributed by atoms with Gasteiger partial charge in [-0.2, -0.15) is 76.2 Å². The Morgan fingerprint density at radius 2 is 0.909 bits per heavy atom. The molecule has 0 amide bonds. The number of nitrogens with one attached hydrogen (secondary N) is 1. The Hall–Kier alpha value is -9.23. The Morgan fingerprint density at radius 3 is 1.26 bits per heavy atom. The number of alkyl halides is 15. The molecule has 5 N–H and O–H groups in total. The summed E-state index contributed by atoms with van der Waals surface area (Å²) in [6.45, 7) is 14.9. The number of aliphatic carboxylic acids is 1. The Labute approximate surface area is 586 Å². The summed E-state index contributed by atoms with van der Waals surface area (Å²) < 4.78 is 202. The van der Waals surface area contributed by atoms with Crippen molar-refractivity contribution in [3.8, 4) is 40.2 Å². The summed E-state index contributed by atoms with van der Waals surface area (Å²) in [5.41, 5.74) is 4.99. The van der Waals surface area contributed by atoms with Crippen LogP contribution < -0.4 is 24.6 Å². The van der Waals surface area contributed by atoms with E-state index in [0.717, 1.165) is 83.7 Å². The van der Waals surface area contributed by atoms with Crippen LogP contribution in [0.1, 0.15) is 94.5 Å². The molecule has 0 aliphatic carbocycles. The second-order valence-electron chi connectivity index (χ2n) is 20.6. The van der Waals surface area contributed by atoms with Crippen molar-refractivity contribution in [2.75, 3.05) is 0 Å². The van der Waals surface area contributed by atoms with Crippen LogP contribution in [0, 0.1) is 45.9 Å². The molecule has 0 saturated heterocycles. The average Bonchev–Trinajstić information content (AvgIpc) is 1.85. The number of carbonyl (C=O) groups excluding carboxylic acids is 2. The van der Waals surface area contributed by atoms with Gasteiger partial charge in [0.25, 0.3) is 0 Å². The van der Waals surface area contributed by atoms with E-state index in [0.29, 0.717) is 39.2 Å². The number of ether oxygens (including phenoxy) is 2. The van der Waals surface area contributed by atoms with Gasteiger partial charge in [-0.25, -0.2) is 38.7 Å². The molecule has 8 aromatic rings. The van der Waals surface area contributed by atoms with Gasteiger partial charge in [0.2, 0.25) is 0 Å². The average molecular weight is 1530 g/mol. The SMILES string of the molecule is CC(C)OC(=O)/C=C\I.Cc1cc(-c2ncn(/C=C\C(=O)O)n2)cc(C(F)(F)F)c1.Cc1cc(-c2ncn(/C=C\C(=O)OC(C)C)n2)cc(C(F)(F)F)c1.Cc1cc(-c2ncn[nH]2)cc(C(F)(F)F)c1.Cc1cc(C#N)cc(C(F)(F)F)c1.Cc1cc(C(N)=S)cc(C(F)(F)F)c1.[Li+].[OH-]. The van der Waals surface area contributed by atoms with Gasteiger partial charge in [0.05, 0.1) is 51.7 Å². The van der Waals surface area contributed by atoms with Crippen LogP contribution in [-0.2, 0) is 54.7 Å². The number of halogens is 16. The number of H-pyrrole nitrogens is 1. The molecule has 526 valence electrons. The second-order valence-corrected chi connectivity index (χ2v) is 21.7. The first-order chi connectivity index (χ1) is 44.8. The van der Waals surface area contributed by atoms with E-state index >= 15 is 0 Å². The fraction of sp³-hybridized carbons (Fsp3) is 0.254. The first-order valence-electron chi connectivity index (χ1n) is 27.4. The van der Waals surface area contributed by atoms with Crippen molar-refractivity contribution in [1.29, 1.82) is 5.26 Å². The summed E-state index contributed by atoms with van der Waals surface area (Å²) in [4.78, 5) is 44.0. The summed E-state index contributed by atoms with van der Waals surface area (Å²) in [5.74, 6) is -1.45. The minimum Gasteiger partial charge on any atom is -0.870 e. The molecule has 0 fully saturated rings. The third kappa shape index (κ3) is 31.9. The van der Waals surface area contributed by atoms with E-state index < -0.39 is 70.6 Å². The van der Waals surface area contributed by atoms with Crippen molar-refractivity contribution >= 4 is 70.1 Å². The number of aryl methyl sites for hydroxylation is 5. The number of carbonyl (C=O) groups is 3. The predicted molar refractivity (Wildman–Crippen MR) is 341 cm³/mol. The molecule has 5 aromatic carbocycles. The van der Waals surface area contributed by atoms with Gasteiger partial charge < -0.3 is 25.8 Å². The first kappa shape index (κ1) is 87.8. The molecule has 36 heteroatoms. The van der Waals surface area contributed by atoms with Crippen LogP contribution in [0.15, 0.2) is 132 Å². The molecule has 3 aromatic heterocycles. The summed E-state index contributed by atoms with van der Waals surface area (Å²) >= 11 is 6.58. The van der Waals surface area contributed by atoms with E-state index in [4.69, 9.17) is 25.6 Å². The molecule has 0 aliphatic heterocycles. The van der Waals surface area contributed by atoms with Crippen LogP contribution in [0.25, 0.3) is 46.6 Å². The minimum atomic E-state index is -4.45. The van der Waals surface area contributed by atoms with E-state index in [-0.39, 0.29) is 81.4 Å². The first-order valence-corrected chi connectivity index (χ1v) is 29.0. The van der Waals surface area contributed by atoms with Crippen LogP contribution in [0.3, 0.4) is 0 Å². The topological polar surface area (TPSA) is 273 Å². The Bertz CT molecular complexity index is 4120. The summed E-state index contributed by atoms with van der Waals surface area (Å²) in [7, 11) is 0. The van der Waals surface area contributed by atoms with Crippen LogP contribution in [0.2, 0.25) is 0 Å². The van der Waals surface area contributed by atoms with E-state index in [9.17, 15) is 80.2 Å². The van der Waals surface area contributed by atoms with Crippen molar-refractivity contribution < 1.29 is 119 Å². The molecular formula is C63H58F15ILiN11O7S. The number of carboxylic acid groups (broad SMARTS) is 1. The fourth-order valence-electron chi connectivity index (χ4n) is 7.51. The molecule has 0 saturated carbocycles. The number of hydrogen-bond donors (Lipinski definition) is 3. The normalized spacial score (nSPS) is 11.4. The van der Waals surface area contributed by atoms with Gasteiger partial charge >= 0.3 is 67.7 Å². The van der Waals surface area contributed by atoms with Gasteiger partial charge in [-0.3, -0.25) is 5.10 Å². The maximum atomic E-state index is 12.9. The van der Waals surface area contributed by atoms with Crippen LogP contribution in [0.4, 0.5) is 65.9 Å². The molecule has 0 atom stereocenters.